The average Bonchev–Trinajstić information content (AvgIpc) is 3.17. The van der Waals surface area contributed by atoms with Crippen molar-refractivity contribution in [1.29, 1.82) is 0 Å². The number of carboxylic acid groups (broad SMARTS) is 1. The quantitative estimate of drug-likeness (QED) is 0.919. The Hall–Kier alpha value is -2.09. The van der Waals surface area contributed by atoms with Crippen LogP contribution in [0.25, 0.3) is 0 Å². The van der Waals surface area contributed by atoms with Crippen LogP contribution in [0.1, 0.15) is 28.7 Å². The van der Waals surface area contributed by atoms with Crippen LogP contribution in [0.4, 0.5) is 0 Å². The van der Waals surface area contributed by atoms with Gasteiger partial charge in [0, 0.05) is 5.41 Å². The van der Waals surface area contributed by atoms with Crippen molar-refractivity contribution in [2.75, 3.05) is 0 Å². The molecule has 102 valence electrons. The summed E-state index contributed by atoms with van der Waals surface area (Å²) < 4.78 is 0. The summed E-state index contributed by atoms with van der Waals surface area (Å²) in [5, 5.41) is 9.42. The lowest BCUT2D eigenvalue weighted by Crippen LogP contribution is -2.16. The molecule has 0 spiro atoms. The number of carboxylic acids is 1. The van der Waals surface area contributed by atoms with Crippen LogP contribution in [0.2, 0.25) is 0 Å². The van der Waals surface area contributed by atoms with Gasteiger partial charge in [-0.15, -0.1) is 0 Å². The molecule has 1 N–H and O–H groups in total. The molecule has 0 aliphatic heterocycles. The topological polar surface area (TPSA) is 37.3 Å². The minimum absolute atomic E-state index is 0.312. The third-order valence-corrected chi connectivity index (χ3v) is 4.39. The second-order valence-corrected chi connectivity index (χ2v) is 5.80. The van der Waals surface area contributed by atoms with Crippen LogP contribution in [0.3, 0.4) is 0 Å². The highest BCUT2D eigenvalue weighted by atomic mass is 16.4. The van der Waals surface area contributed by atoms with Gasteiger partial charge in [0.2, 0.25) is 0 Å². The predicted molar refractivity (Wildman–Crippen MR) is 78.9 cm³/mol. The van der Waals surface area contributed by atoms with Crippen molar-refractivity contribution in [3.05, 3.63) is 70.8 Å². The first-order valence-corrected chi connectivity index (χ1v) is 6.91. The summed E-state index contributed by atoms with van der Waals surface area (Å²) in [6.07, 6.45) is 0.689. The second kappa shape index (κ2) is 4.48. The zero-order chi connectivity index (χ0) is 14.3. The zero-order valence-corrected chi connectivity index (χ0v) is 11.8. The van der Waals surface area contributed by atoms with Crippen LogP contribution < -0.4 is 0 Å². The lowest BCUT2D eigenvalue weighted by atomic mass is 9.85. The van der Waals surface area contributed by atoms with E-state index in [9.17, 15) is 9.90 Å². The smallest absolute Gasteiger partial charge is 0.307 e. The Morgan fingerprint density at radius 1 is 0.950 bits per heavy atom. The largest absolute Gasteiger partial charge is 0.481 e. The van der Waals surface area contributed by atoms with E-state index >= 15 is 0 Å². The predicted octanol–water partition coefficient (Wildman–Crippen LogP) is 3.69. The van der Waals surface area contributed by atoms with Gasteiger partial charge in [-0.25, -0.2) is 0 Å². The van der Waals surface area contributed by atoms with Gasteiger partial charge in [-0.05, 0) is 31.4 Å². The molecule has 0 aromatic heterocycles. The first-order valence-electron chi connectivity index (χ1n) is 6.91. The van der Waals surface area contributed by atoms with Crippen molar-refractivity contribution in [3.63, 3.8) is 0 Å². The fraction of sp³-hybridized carbons (Fsp3) is 0.278. The van der Waals surface area contributed by atoms with Crippen LogP contribution in [0.5, 0.6) is 0 Å². The van der Waals surface area contributed by atoms with E-state index in [2.05, 4.69) is 48.5 Å². The fourth-order valence-electron chi connectivity index (χ4n) is 3.07. The normalized spacial score (nSPS) is 19.6. The number of benzene rings is 2. The Kier molecular flexibility index (Phi) is 2.89. The van der Waals surface area contributed by atoms with Crippen molar-refractivity contribution in [1.82, 2.24) is 0 Å². The van der Waals surface area contributed by atoms with Crippen molar-refractivity contribution in [2.45, 2.75) is 25.7 Å². The molecular weight excluding hydrogens is 248 g/mol. The van der Waals surface area contributed by atoms with Gasteiger partial charge in [-0.2, -0.15) is 0 Å². The van der Waals surface area contributed by atoms with Crippen LogP contribution in [-0.2, 0) is 10.2 Å². The molecular formula is C18H18O2. The van der Waals surface area contributed by atoms with E-state index in [4.69, 9.17) is 0 Å². The Bertz CT molecular complexity index is 593. The van der Waals surface area contributed by atoms with Crippen molar-refractivity contribution in [2.24, 2.45) is 5.92 Å². The van der Waals surface area contributed by atoms with E-state index in [-0.39, 0.29) is 11.3 Å². The van der Waals surface area contributed by atoms with Crippen LogP contribution in [0.15, 0.2) is 48.5 Å². The first-order chi connectivity index (χ1) is 9.54. The molecule has 0 unspecified atom stereocenters. The van der Waals surface area contributed by atoms with Gasteiger partial charge in [-0.1, -0.05) is 59.7 Å². The highest BCUT2D eigenvalue weighted by Crippen LogP contribution is 2.58. The molecule has 1 saturated carbocycles. The van der Waals surface area contributed by atoms with Crippen molar-refractivity contribution in [3.8, 4) is 0 Å². The van der Waals surface area contributed by atoms with E-state index in [0.717, 1.165) is 11.1 Å². The lowest BCUT2D eigenvalue weighted by Gasteiger charge is -2.18. The third kappa shape index (κ3) is 1.92. The highest BCUT2D eigenvalue weighted by Gasteiger charge is 2.60. The Balaban J connectivity index is 2.09. The summed E-state index contributed by atoms with van der Waals surface area (Å²) in [5.74, 6) is -1.01. The number of carbonyl (C=O) groups is 1. The molecule has 20 heavy (non-hydrogen) atoms. The number of rotatable bonds is 3. The van der Waals surface area contributed by atoms with Gasteiger partial charge in [0.15, 0.2) is 0 Å². The van der Waals surface area contributed by atoms with Crippen molar-refractivity contribution >= 4 is 5.97 Å². The monoisotopic (exact) mass is 266 g/mol. The molecule has 2 heteroatoms. The molecule has 1 atom stereocenters. The van der Waals surface area contributed by atoms with E-state index in [1.807, 2.05) is 13.8 Å². The van der Waals surface area contributed by atoms with E-state index in [0.29, 0.717) is 6.42 Å². The average molecular weight is 266 g/mol. The molecule has 2 aromatic carbocycles. The van der Waals surface area contributed by atoms with Gasteiger partial charge in [-0.3, -0.25) is 4.79 Å². The third-order valence-electron chi connectivity index (χ3n) is 4.39. The van der Waals surface area contributed by atoms with Gasteiger partial charge < -0.3 is 5.11 Å². The SMILES string of the molecule is Cc1ccc(C2(c3ccc(C)cc3)C[C@@H]2C(=O)O)cc1. The molecule has 0 amide bonds. The number of aliphatic carboxylic acids is 1. The molecule has 1 aliphatic rings. The van der Waals surface area contributed by atoms with Gasteiger partial charge >= 0.3 is 5.97 Å². The maximum Gasteiger partial charge on any atom is 0.307 e. The summed E-state index contributed by atoms with van der Waals surface area (Å²) in [4.78, 5) is 11.5. The first kappa shape index (κ1) is 12.9. The van der Waals surface area contributed by atoms with Crippen LogP contribution in [0, 0.1) is 19.8 Å². The zero-order valence-electron chi connectivity index (χ0n) is 11.8. The molecule has 0 heterocycles. The van der Waals surface area contributed by atoms with Gasteiger partial charge in [0.05, 0.1) is 5.92 Å². The van der Waals surface area contributed by atoms with Gasteiger partial charge in [0.1, 0.15) is 0 Å². The molecule has 2 aromatic rings. The standard InChI is InChI=1S/C18H18O2/c1-12-3-7-14(8-4-12)18(11-16(18)17(19)20)15-9-5-13(2)6-10-15/h3-10,16H,11H2,1-2H3,(H,19,20)/t16-/m1/s1. The summed E-state index contributed by atoms with van der Waals surface area (Å²) in [6.45, 7) is 4.09. The molecule has 1 fully saturated rings. The molecule has 0 bridgehead atoms. The minimum Gasteiger partial charge on any atom is -0.481 e. The van der Waals surface area contributed by atoms with Crippen LogP contribution in [-0.4, -0.2) is 11.1 Å². The Morgan fingerprint density at radius 3 is 1.65 bits per heavy atom. The maximum atomic E-state index is 11.5. The number of hydrogen-bond donors (Lipinski definition) is 1. The summed E-state index contributed by atoms with van der Waals surface area (Å²) in [6, 6.07) is 16.5. The fourth-order valence-corrected chi connectivity index (χ4v) is 3.07. The Morgan fingerprint density at radius 2 is 1.35 bits per heavy atom. The van der Waals surface area contributed by atoms with E-state index in [1.165, 1.54) is 11.1 Å². The van der Waals surface area contributed by atoms with E-state index in [1.54, 1.807) is 0 Å². The lowest BCUT2D eigenvalue weighted by molar-refractivity contribution is -0.138. The molecule has 0 saturated heterocycles. The second-order valence-electron chi connectivity index (χ2n) is 5.80. The van der Waals surface area contributed by atoms with Crippen molar-refractivity contribution < 1.29 is 9.90 Å². The summed E-state index contributed by atoms with van der Waals surface area (Å²) in [7, 11) is 0. The molecule has 0 radical (unpaired) electrons. The van der Waals surface area contributed by atoms with Gasteiger partial charge in [0.25, 0.3) is 0 Å². The van der Waals surface area contributed by atoms with Crippen LogP contribution >= 0.6 is 0 Å². The van der Waals surface area contributed by atoms with E-state index < -0.39 is 5.97 Å². The number of aryl methyl sites for hydroxylation is 2. The minimum atomic E-state index is -0.703. The molecule has 3 rings (SSSR count). The molecule has 1 aliphatic carbocycles. The Labute approximate surface area is 119 Å². The summed E-state index contributed by atoms with van der Waals surface area (Å²) >= 11 is 0. The summed E-state index contributed by atoms with van der Waals surface area (Å²) in [5.41, 5.74) is 4.27. The highest BCUT2D eigenvalue weighted by molar-refractivity contribution is 5.79. The number of hydrogen-bond acceptors (Lipinski definition) is 1. The maximum absolute atomic E-state index is 11.5. The molecule has 2 nitrogen and oxygen atoms in total.